The molecular formula is C29H42ClN5O3. The summed E-state index contributed by atoms with van der Waals surface area (Å²) in [5.74, 6) is 0.565. The normalized spacial score (nSPS) is 20.0. The number of carbonyl (C=O) groups excluding carboxylic acids is 1. The summed E-state index contributed by atoms with van der Waals surface area (Å²) in [7, 11) is 4.31. The fraction of sp³-hybridized carbons (Fsp3) is 0.586. The molecule has 208 valence electrons. The van der Waals surface area contributed by atoms with E-state index in [4.69, 9.17) is 16.3 Å². The second kappa shape index (κ2) is 12.5. The number of H-pyrrole nitrogens is 1. The topological polar surface area (TPSA) is 80.9 Å². The summed E-state index contributed by atoms with van der Waals surface area (Å²) in [6.45, 7) is 9.80. The maximum absolute atomic E-state index is 13.4. The molecule has 1 aromatic heterocycles. The zero-order valence-electron chi connectivity index (χ0n) is 23.4. The number of hydrogen-bond donors (Lipinski definition) is 2. The Balaban J connectivity index is 1.49. The minimum Gasteiger partial charge on any atom is -0.378 e. The Hall–Kier alpha value is -2.55. The average Bonchev–Trinajstić information content (AvgIpc) is 2.91. The van der Waals surface area contributed by atoms with Gasteiger partial charge >= 0.3 is 0 Å². The molecule has 1 aromatic carbocycles. The highest BCUT2D eigenvalue weighted by Crippen LogP contribution is 2.34. The van der Waals surface area contributed by atoms with Crippen molar-refractivity contribution in [1.82, 2.24) is 15.2 Å². The smallest absolute Gasteiger partial charge is 0.251 e. The van der Waals surface area contributed by atoms with Crippen LogP contribution in [0.4, 0.5) is 11.5 Å². The van der Waals surface area contributed by atoms with E-state index in [0.29, 0.717) is 41.4 Å². The van der Waals surface area contributed by atoms with Crippen LogP contribution in [0.25, 0.3) is 0 Å². The number of pyridine rings is 1. The second-order valence-corrected chi connectivity index (χ2v) is 11.2. The van der Waals surface area contributed by atoms with E-state index in [9.17, 15) is 9.59 Å². The summed E-state index contributed by atoms with van der Waals surface area (Å²) in [6, 6.07) is 6.38. The molecule has 0 spiro atoms. The van der Waals surface area contributed by atoms with Gasteiger partial charge in [0, 0.05) is 71.9 Å². The van der Waals surface area contributed by atoms with Crippen molar-refractivity contribution in [1.29, 1.82) is 0 Å². The van der Waals surface area contributed by atoms with Crippen LogP contribution in [0.5, 0.6) is 0 Å². The lowest BCUT2D eigenvalue weighted by Crippen LogP contribution is -2.42. The van der Waals surface area contributed by atoms with Crippen LogP contribution in [0, 0.1) is 13.8 Å². The van der Waals surface area contributed by atoms with Crippen LogP contribution in [-0.4, -0.2) is 74.8 Å². The molecule has 9 heteroatoms. The number of rotatable bonds is 8. The number of aromatic amines is 1. The molecule has 0 atom stereocenters. The number of nitrogens with zero attached hydrogens (tertiary/aromatic N) is 3. The first-order valence-corrected chi connectivity index (χ1v) is 14.1. The first kappa shape index (κ1) is 28.5. The average molecular weight is 544 g/mol. The molecule has 1 saturated carbocycles. The number of aryl methyl sites for hydroxylation is 1. The molecule has 1 aliphatic carbocycles. The minimum absolute atomic E-state index is 0.0861. The Kier molecular flexibility index (Phi) is 9.39. The maximum Gasteiger partial charge on any atom is 0.251 e. The molecule has 2 fully saturated rings. The molecule has 0 bridgehead atoms. The molecule has 2 N–H and O–H groups in total. The van der Waals surface area contributed by atoms with Gasteiger partial charge in [-0.15, -0.1) is 0 Å². The van der Waals surface area contributed by atoms with Crippen molar-refractivity contribution < 1.29 is 9.53 Å². The third-order valence-corrected chi connectivity index (χ3v) is 8.41. The van der Waals surface area contributed by atoms with Crippen LogP contribution < -0.4 is 20.5 Å². The lowest BCUT2D eigenvalue weighted by atomic mass is 9.89. The van der Waals surface area contributed by atoms with E-state index in [1.54, 1.807) is 12.1 Å². The fourth-order valence-corrected chi connectivity index (χ4v) is 6.08. The summed E-state index contributed by atoms with van der Waals surface area (Å²) in [5.41, 5.74) is 3.71. The van der Waals surface area contributed by atoms with Gasteiger partial charge in [0.2, 0.25) is 0 Å². The summed E-state index contributed by atoms with van der Waals surface area (Å²) >= 11 is 6.55. The zero-order valence-corrected chi connectivity index (χ0v) is 24.2. The summed E-state index contributed by atoms with van der Waals surface area (Å²) in [4.78, 5) is 36.5. The van der Waals surface area contributed by atoms with E-state index in [1.165, 1.54) is 12.8 Å². The van der Waals surface area contributed by atoms with Gasteiger partial charge < -0.3 is 29.7 Å². The first-order valence-electron chi connectivity index (χ1n) is 13.8. The molecule has 4 rings (SSSR count). The zero-order chi connectivity index (χ0) is 27.4. The van der Waals surface area contributed by atoms with E-state index < -0.39 is 0 Å². The first-order chi connectivity index (χ1) is 18.2. The molecule has 38 heavy (non-hydrogen) atoms. The highest BCUT2D eigenvalue weighted by Gasteiger charge is 2.28. The van der Waals surface area contributed by atoms with Crippen molar-refractivity contribution in [2.24, 2.45) is 0 Å². The Morgan fingerprint density at radius 1 is 1.11 bits per heavy atom. The molecule has 0 radical (unpaired) electrons. The number of carbonyl (C=O) groups is 1. The third-order valence-electron chi connectivity index (χ3n) is 8.19. The van der Waals surface area contributed by atoms with Gasteiger partial charge in [0.1, 0.15) is 5.82 Å². The predicted molar refractivity (Wildman–Crippen MR) is 155 cm³/mol. The van der Waals surface area contributed by atoms with Gasteiger partial charge in [-0.2, -0.15) is 0 Å². The molecular weight excluding hydrogens is 502 g/mol. The van der Waals surface area contributed by atoms with Gasteiger partial charge in [-0.1, -0.05) is 11.6 Å². The number of amides is 1. The van der Waals surface area contributed by atoms with Crippen LogP contribution in [0.2, 0.25) is 5.02 Å². The quantitative estimate of drug-likeness (QED) is 0.521. The Labute approximate surface area is 231 Å². The lowest BCUT2D eigenvalue weighted by Gasteiger charge is -2.40. The number of ether oxygens (including phenoxy) is 1. The van der Waals surface area contributed by atoms with E-state index in [1.807, 2.05) is 19.9 Å². The van der Waals surface area contributed by atoms with Crippen molar-refractivity contribution in [2.75, 3.05) is 56.7 Å². The Morgan fingerprint density at radius 3 is 2.37 bits per heavy atom. The van der Waals surface area contributed by atoms with Crippen LogP contribution in [-0.2, 0) is 11.3 Å². The van der Waals surface area contributed by atoms with E-state index in [-0.39, 0.29) is 17.9 Å². The minimum atomic E-state index is -0.227. The molecule has 2 aliphatic rings. The van der Waals surface area contributed by atoms with Crippen molar-refractivity contribution in [3.05, 3.63) is 55.8 Å². The van der Waals surface area contributed by atoms with Gasteiger partial charge in [0.15, 0.2) is 5.43 Å². The van der Waals surface area contributed by atoms with Crippen LogP contribution >= 0.6 is 11.6 Å². The van der Waals surface area contributed by atoms with Gasteiger partial charge in [-0.3, -0.25) is 9.59 Å². The highest BCUT2D eigenvalue weighted by molar-refractivity contribution is 6.31. The number of anilines is 2. The maximum atomic E-state index is 13.4. The van der Waals surface area contributed by atoms with Gasteiger partial charge in [-0.25, -0.2) is 0 Å². The van der Waals surface area contributed by atoms with Crippen LogP contribution in [0.3, 0.4) is 0 Å². The Bertz CT molecular complexity index is 1180. The van der Waals surface area contributed by atoms with E-state index in [0.717, 1.165) is 55.2 Å². The Morgan fingerprint density at radius 2 is 1.76 bits per heavy atom. The van der Waals surface area contributed by atoms with Gasteiger partial charge in [0.05, 0.1) is 13.2 Å². The van der Waals surface area contributed by atoms with Gasteiger partial charge in [0.25, 0.3) is 5.91 Å². The van der Waals surface area contributed by atoms with Crippen molar-refractivity contribution in [3.63, 3.8) is 0 Å². The van der Waals surface area contributed by atoms with Crippen molar-refractivity contribution >= 4 is 29.0 Å². The lowest BCUT2D eigenvalue weighted by molar-refractivity contribution is 0.0950. The fourth-order valence-electron chi connectivity index (χ4n) is 5.87. The summed E-state index contributed by atoms with van der Waals surface area (Å²) in [5, 5.41) is 3.51. The largest absolute Gasteiger partial charge is 0.378 e. The second-order valence-electron chi connectivity index (χ2n) is 10.7. The molecule has 1 saturated heterocycles. The van der Waals surface area contributed by atoms with Crippen LogP contribution in [0.1, 0.15) is 59.8 Å². The number of aromatic nitrogens is 1. The summed E-state index contributed by atoms with van der Waals surface area (Å²) in [6.07, 6.45) is 4.57. The van der Waals surface area contributed by atoms with E-state index in [2.05, 4.69) is 46.0 Å². The highest BCUT2D eigenvalue weighted by atomic mass is 35.5. The summed E-state index contributed by atoms with van der Waals surface area (Å²) < 4.78 is 5.41. The number of halogens is 1. The number of morpholine rings is 1. The molecule has 2 heterocycles. The van der Waals surface area contributed by atoms with Gasteiger partial charge in [-0.05, 0) is 78.2 Å². The standard InChI is InChI=1S/C29H42ClN5O3/c1-6-35(23-9-7-22(8-10-23)33(4)5)26-16-21(30)15-24(19(26)2)29(37)31-18-25-20(3)32-28(17-27(25)36)34-11-13-38-14-12-34/h15-17,22-23H,6-14,18H2,1-5H3,(H,31,37)(H,32,36)/t22-,23-. The van der Waals surface area contributed by atoms with Crippen LogP contribution in [0.15, 0.2) is 23.0 Å². The molecule has 1 aliphatic heterocycles. The monoisotopic (exact) mass is 543 g/mol. The number of benzene rings is 1. The van der Waals surface area contributed by atoms with Crippen molar-refractivity contribution in [2.45, 2.75) is 65.1 Å². The van der Waals surface area contributed by atoms with E-state index >= 15 is 0 Å². The molecule has 0 unspecified atom stereocenters. The van der Waals surface area contributed by atoms with Crippen molar-refractivity contribution in [3.8, 4) is 0 Å². The SMILES string of the molecule is CCN(c1cc(Cl)cc(C(=O)NCc2c(C)[nH]c(N3CCOCC3)cc2=O)c1C)[C@H]1CC[C@H](N(C)C)CC1. The molecule has 1 amide bonds. The molecule has 8 nitrogen and oxygen atoms in total. The third kappa shape index (κ3) is 6.35. The number of nitrogens with one attached hydrogen (secondary N) is 2. The predicted octanol–water partition coefficient (Wildman–Crippen LogP) is 4.11. The molecule has 2 aromatic rings. The number of hydrogen-bond acceptors (Lipinski definition) is 6.